The number of nitrogens with zero attached hydrogens (tertiary/aromatic N) is 2. The van der Waals surface area contributed by atoms with E-state index in [2.05, 4.69) is 15.2 Å². The lowest BCUT2D eigenvalue weighted by Crippen LogP contribution is -1.77. The molecule has 0 saturated heterocycles. The number of nitrogens with one attached hydrogen (secondary N) is 1. The van der Waals surface area contributed by atoms with Crippen LogP contribution in [-0.4, -0.2) is 15.2 Å². The molecule has 0 spiro atoms. The van der Waals surface area contributed by atoms with E-state index in [0.717, 1.165) is 22.7 Å². The fourth-order valence-corrected chi connectivity index (χ4v) is 1.39. The first-order valence-corrected chi connectivity index (χ1v) is 4.13. The molecule has 0 unspecified atom stereocenters. The Morgan fingerprint density at radius 1 is 1.31 bits per heavy atom. The number of hydrogen-bond donors (Lipinski definition) is 1. The highest BCUT2D eigenvalue weighted by atomic mass is 16.4. The molecule has 2 aromatic heterocycles. The van der Waals surface area contributed by atoms with Gasteiger partial charge in [0.05, 0.1) is 17.5 Å². The largest absolute Gasteiger partial charge is 0.441 e. The van der Waals surface area contributed by atoms with E-state index in [9.17, 15) is 0 Å². The fourth-order valence-electron chi connectivity index (χ4n) is 1.39. The minimum absolute atomic E-state index is 0.676. The SMILES string of the molecule is Cc1ncc(-c2c(C)n[nH]c2C)o1. The molecule has 2 rings (SSSR count). The molecule has 0 aromatic carbocycles. The molecule has 0 radical (unpaired) electrons. The van der Waals surface area contributed by atoms with Crippen LogP contribution in [0.15, 0.2) is 10.6 Å². The Labute approximate surface area is 76.0 Å². The second-order valence-electron chi connectivity index (χ2n) is 3.05. The summed E-state index contributed by atoms with van der Waals surface area (Å²) in [6.07, 6.45) is 1.72. The molecular weight excluding hydrogens is 166 g/mol. The first-order chi connectivity index (χ1) is 6.18. The molecular formula is C9H11N3O. The summed E-state index contributed by atoms with van der Waals surface area (Å²) in [5, 5.41) is 7.00. The fraction of sp³-hybridized carbons (Fsp3) is 0.333. The molecule has 13 heavy (non-hydrogen) atoms. The molecule has 0 fully saturated rings. The van der Waals surface area contributed by atoms with Crippen molar-refractivity contribution < 1.29 is 4.42 Å². The first-order valence-electron chi connectivity index (χ1n) is 4.13. The average Bonchev–Trinajstić information content (AvgIpc) is 2.60. The average molecular weight is 177 g/mol. The molecule has 0 aliphatic heterocycles. The van der Waals surface area contributed by atoms with Gasteiger partial charge >= 0.3 is 0 Å². The van der Waals surface area contributed by atoms with Crippen LogP contribution in [0.4, 0.5) is 0 Å². The van der Waals surface area contributed by atoms with Crippen LogP contribution in [-0.2, 0) is 0 Å². The van der Waals surface area contributed by atoms with Crippen molar-refractivity contribution in [2.45, 2.75) is 20.8 Å². The minimum atomic E-state index is 0.676. The molecule has 0 amide bonds. The Kier molecular flexibility index (Phi) is 1.69. The predicted octanol–water partition coefficient (Wildman–Crippen LogP) is 1.99. The number of H-pyrrole nitrogens is 1. The summed E-state index contributed by atoms with van der Waals surface area (Å²) in [4.78, 5) is 4.05. The van der Waals surface area contributed by atoms with Gasteiger partial charge < -0.3 is 4.42 Å². The Morgan fingerprint density at radius 2 is 2.08 bits per heavy atom. The predicted molar refractivity (Wildman–Crippen MR) is 48.3 cm³/mol. The second-order valence-corrected chi connectivity index (χ2v) is 3.05. The maximum absolute atomic E-state index is 5.42. The molecule has 4 nitrogen and oxygen atoms in total. The quantitative estimate of drug-likeness (QED) is 0.724. The van der Waals surface area contributed by atoms with E-state index in [1.54, 1.807) is 6.20 Å². The maximum Gasteiger partial charge on any atom is 0.191 e. The van der Waals surface area contributed by atoms with E-state index in [-0.39, 0.29) is 0 Å². The summed E-state index contributed by atoms with van der Waals surface area (Å²) >= 11 is 0. The minimum Gasteiger partial charge on any atom is -0.441 e. The molecule has 2 aromatic rings. The zero-order chi connectivity index (χ0) is 9.42. The Balaban J connectivity index is 2.57. The van der Waals surface area contributed by atoms with Gasteiger partial charge in [-0.25, -0.2) is 4.98 Å². The van der Waals surface area contributed by atoms with Crippen LogP contribution in [0.25, 0.3) is 11.3 Å². The number of aromatic amines is 1. The van der Waals surface area contributed by atoms with Gasteiger partial charge in [0, 0.05) is 12.6 Å². The van der Waals surface area contributed by atoms with E-state index in [1.807, 2.05) is 20.8 Å². The van der Waals surface area contributed by atoms with Gasteiger partial charge in [-0.1, -0.05) is 0 Å². The molecule has 0 aliphatic carbocycles. The van der Waals surface area contributed by atoms with Crippen LogP contribution in [0.1, 0.15) is 17.3 Å². The standard InChI is InChI=1S/C9H11N3O/c1-5-9(6(2)12-11-5)8-4-10-7(3)13-8/h4H,1-3H3,(H,11,12). The monoisotopic (exact) mass is 177 g/mol. The van der Waals surface area contributed by atoms with Crippen molar-refractivity contribution >= 4 is 0 Å². The van der Waals surface area contributed by atoms with Gasteiger partial charge in [0.15, 0.2) is 11.7 Å². The smallest absolute Gasteiger partial charge is 0.191 e. The molecule has 0 atom stereocenters. The third kappa shape index (κ3) is 1.24. The second kappa shape index (κ2) is 2.73. The van der Waals surface area contributed by atoms with Crippen molar-refractivity contribution in [2.75, 3.05) is 0 Å². The van der Waals surface area contributed by atoms with Gasteiger partial charge in [0.2, 0.25) is 0 Å². The van der Waals surface area contributed by atoms with Crippen LogP contribution in [0.3, 0.4) is 0 Å². The van der Waals surface area contributed by atoms with E-state index in [1.165, 1.54) is 0 Å². The Morgan fingerprint density at radius 3 is 2.54 bits per heavy atom. The van der Waals surface area contributed by atoms with Crippen LogP contribution in [0.2, 0.25) is 0 Å². The first kappa shape index (κ1) is 8.04. The van der Waals surface area contributed by atoms with Gasteiger partial charge in [0.25, 0.3) is 0 Å². The zero-order valence-corrected chi connectivity index (χ0v) is 7.88. The molecule has 1 N–H and O–H groups in total. The summed E-state index contributed by atoms with van der Waals surface area (Å²) in [7, 11) is 0. The molecule has 4 heteroatoms. The van der Waals surface area contributed by atoms with Crippen molar-refractivity contribution in [3.05, 3.63) is 23.5 Å². The number of aryl methyl sites for hydroxylation is 3. The van der Waals surface area contributed by atoms with Crippen LogP contribution in [0, 0.1) is 20.8 Å². The van der Waals surface area contributed by atoms with Gasteiger partial charge in [-0.05, 0) is 13.8 Å². The highest BCUT2D eigenvalue weighted by Crippen LogP contribution is 2.25. The highest BCUT2D eigenvalue weighted by Gasteiger charge is 2.12. The van der Waals surface area contributed by atoms with E-state index < -0.39 is 0 Å². The van der Waals surface area contributed by atoms with Gasteiger partial charge in [-0.3, -0.25) is 5.10 Å². The van der Waals surface area contributed by atoms with Crippen molar-refractivity contribution in [3.63, 3.8) is 0 Å². The third-order valence-electron chi connectivity index (χ3n) is 2.00. The number of aromatic nitrogens is 3. The number of hydrogen-bond acceptors (Lipinski definition) is 3. The van der Waals surface area contributed by atoms with Crippen molar-refractivity contribution in [1.29, 1.82) is 0 Å². The third-order valence-corrected chi connectivity index (χ3v) is 2.00. The molecule has 68 valence electrons. The van der Waals surface area contributed by atoms with Crippen LogP contribution < -0.4 is 0 Å². The Bertz CT molecular complexity index is 408. The summed E-state index contributed by atoms with van der Waals surface area (Å²) in [5.41, 5.74) is 2.96. The lowest BCUT2D eigenvalue weighted by Gasteiger charge is -1.93. The van der Waals surface area contributed by atoms with Crippen LogP contribution >= 0.6 is 0 Å². The topological polar surface area (TPSA) is 54.7 Å². The Hall–Kier alpha value is -1.58. The maximum atomic E-state index is 5.42. The van der Waals surface area contributed by atoms with Gasteiger partial charge in [-0.15, -0.1) is 0 Å². The van der Waals surface area contributed by atoms with Gasteiger partial charge in [-0.2, -0.15) is 5.10 Å². The summed E-state index contributed by atoms with van der Waals surface area (Å²) in [6, 6.07) is 0. The number of oxazole rings is 1. The molecule has 2 heterocycles. The molecule has 0 bridgehead atoms. The van der Waals surface area contributed by atoms with E-state index in [4.69, 9.17) is 4.42 Å². The summed E-state index contributed by atoms with van der Waals surface area (Å²) in [5.74, 6) is 1.45. The van der Waals surface area contributed by atoms with Crippen LogP contribution in [0.5, 0.6) is 0 Å². The summed E-state index contributed by atoms with van der Waals surface area (Å²) < 4.78 is 5.42. The highest BCUT2D eigenvalue weighted by molar-refractivity contribution is 5.61. The normalized spacial score (nSPS) is 10.7. The lowest BCUT2D eigenvalue weighted by atomic mass is 10.1. The molecule has 0 saturated carbocycles. The van der Waals surface area contributed by atoms with Gasteiger partial charge in [0.1, 0.15) is 0 Å². The zero-order valence-electron chi connectivity index (χ0n) is 7.88. The summed E-state index contributed by atoms with van der Waals surface area (Å²) in [6.45, 7) is 5.73. The lowest BCUT2D eigenvalue weighted by molar-refractivity contribution is 0.534. The van der Waals surface area contributed by atoms with E-state index >= 15 is 0 Å². The molecule has 0 aliphatic rings. The van der Waals surface area contributed by atoms with Crippen molar-refractivity contribution in [3.8, 4) is 11.3 Å². The number of rotatable bonds is 1. The van der Waals surface area contributed by atoms with Crippen molar-refractivity contribution in [1.82, 2.24) is 15.2 Å². The van der Waals surface area contributed by atoms with E-state index in [0.29, 0.717) is 5.89 Å². The van der Waals surface area contributed by atoms with Crippen molar-refractivity contribution in [2.24, 2.45) is 0 Å².